The van der Waals surface area contributed by atoms with Crippen LogP contribution in [0.15, 0.2) is 24.4 Å². The van der Waals surface area contributed by atoms with E-state index in [0.717, 1.165) is 5.01 Å². The van der Waals surface area contributed by atoms with Crippen molar-refractivity contribution in [2.24, 2.45) is 5.73 Å². The number of nitrogens with two attached hydrogens (primary N) is 1. The SMILES string of the molecule is CCCC(=O)N(NC(N)=O)c1ccccn1. The average Bonchev–Trinajstić information content (AvgIpc) is 2.27. The maximum Gasteiger partial charge on any atom is 0.331 e. The van der Waals surface area contributed by atoms with E-state index in [4.69, 9.17) is 5.73 Å². The largest absolute Gasteiger partial charge is 0.350 e. The fourth-order valence-electron chi connectivity index (χ4n) is 1.17. The minimum absolute atomic E-state index is 0.250. The molecule has 0 fully saturated rings. The third-order valence-electron chi connectivity index (χ3n) is 1.81. The van der Waals surface area contributed by atoms with Gasteiger partial charge in [-0.1, -0.05) is 13.0 Å². The smallest absolute Gasteiger partial charge is 0.331 e. The maximum atomic E-state index is 11.7. The standard InChI is InChI=1S/C10H14N4O2/c1-2-5-9(15)14(13-10(11)16)8-6-3-4-7-12-8/h3-4,6-7H,2,5H2,1H3,(H3,11,13,16). The zero-order chi connectivity index (χ0) is 12.0. The van der Waals surface area contributed by atoms with Gasteiger partial charge in [-0.2, -0.15) is 0 Å². The van der Waals surface area contributed by atoms with E-state index in [1.165, 1.54) is 6.20 Å². The number of urea groups is 1. The molecule has 1 rings (SSSR count). The van der Waals surface area contributed by atoms with Crippen molar-refractivity contribution >= 4 is 17.8 Å². The van der Waals surface area contributed by atoms with Gasteiger partial charge in [0.15, 0.2) is 5.82 Å². The van der Waals surface area contributed by atoms with Crippen LogP contribution in [0.25, 0.3) is 0 Å². The van der Waals surface area contributed by atoms with E-state index in [9.17, 15) is 9.59 Å². The first-order valence-corrected chi connectivity index (χ1v) is 4.95. The highest BCUT2D eigenvalue weighted by atomic mass is 16.2. The quantitative estimate of drug-likeness (QED) is 0.741. The molecule has 0 aliphatic carbocycles. The first-order valence-electron chi connectivity index (χ1n) is 4.95. The zero-order valence-electron chi connectivity index (χ0n) is 9.01. The zero-order valence-corrected chi connectivity index (χ0v) is 9.01. The van der Waals surface area contributed by atoms with Crippen LogP contribution >= 0.6 is 0 Å². The first kappa shape index (κ1) is 12.0. The van der Waals surface area contributed by atoms with E-state index in [-0.39, 0.29) is 5.91 Å². The summed E-state index contributed by atoms with van der Waals surface area (Å²) < 4.78 is 0. The highest BCUT2D eigenvalue weighted by Crippen LogP contribution is 2.08. The predicted molar refractivity (Wildman–Crippen MR) is 59.4 cm³/mol. The van der Waals surface area contributed by atoms with Crippen LogP contribution in [-0.4, -0.2) is 16.9 Å². The Bertz CT molecular complexity index is 366. The highest BCUT2D eigenvalue weighted by Gasteiger charge is 2.16. The van der Waals surface area contributed by atoms with E-state index in [1.807, 2.05) is 6.92 Å². The molecule has 0 radical (unpaired) electrons. The van der Waals surface area contributed by atoms with Crippen LogP contribution < -0.4 is 16.2 Å². The minimum Gasteiger partial charge on any atom is -0.350 e. The van der Waals surface area contributed by atoms with Crippen molar-refractivity contribution in [3.8, 4) is 0 Å². The van der Waals surface area contributed by atoms with Gasteiger partial charge in [0, 0.05) is 12.6 Å². The Balaban J connectivity index is 2.87. The second-order valence-electron chi connectivity index (χ2n) is 3.14. The lowest BCUT2D eigenvalue weighted by Crippen LogP contribution is -2.49. The molecule has 0 aliphatic rings. The normalized spacial score (nSPS) is 9.56. The molecule has 16 heavy (non-hydrogen) atoms. The summed E-state index contributed by atoms with van der Waals surface area (Å²) in [6, 6.07) is 4.26. The Hall–Kier alpha value is -2.11. The summed E-state index contributed by atoms with van der Waals surface area (Å²) in [6.45, 7) is 1.87. The molecule has 0 saturated carbocycles. The molecule has 0 spiro atoms. The number of aromatic nitrogens is 1. The predicted octanol–water partition coefficient (Wildman–Crippen LogP) is 0.798. The molecule has 0 bridgehead atoms. The fourth-order valence-corrected chi connectivity index (χ4v) is 1.17. The molecule has 1 aromatic heterocycles. The second kappa shape index (κ2) is 5.69. The monoisotopic (exact) mass is 222 g/mol. The summed E-state index contributed by atoms with van der Waals surface area (Å²) in [5.41, 5.74) is 7.23. The van der Waals surface area contributed by atoms with E-state index < -0.39 is 6.03 Å². The van der Waals surface area contributed by atoms with Crippen molar-refractivity contribution in [3.63, 3.8) is 0 Å². The number of pyridine rings is 1. The Labute approximate surface area is 93.4 Å². The van der Waals surface area contributed by atoms with Gasteiger partial charge < -0.3 is 5.73 Å². The van der Waals surface area contributed by atoms with Crippen molar-refractivity contribution in [2.45, 2.75) is 19.8 Å². The van der Waals surface area contributed by atoms with Gasteiger partial charge in [-0.15, -0.1) is 0 Å². The molecule has 1 heterocycles. The van der Waals surface area contributed by atoms with Crippen molar-refractivity contribution in [1.29, 1.82) is 0 Å². The van der Waals surface area contributed by atoms with E-state index in [2.05, 4.69) is 10.4 Å². The topological polar surface area (TPSA) is 88.3 Å². The second-order valence-corrected chi connectivity index (χ2v) is 3.14. The van der Waals surface area contributed by atoms with Crippen molar-refractivity contribution in [1.82, 2.24) is 10.4 Å². The van der Waals surface area contributed by atoms with Crippen molar-refractivity contribution in [3.05, 3.63) is 24.4 Å². The molecule has 3 amide bonds. The average molecular weight is 222 g/mol. The number of rotatable bonds is 3. The van der Waals surface area contributed by atoms with Gasteiger partial charge in [0.05, 0.1) is 0 Å². The van der Waals surface area contributed by atoms with E-state index in [1.54, 1.807) is 18.2 Å². The van der Waals surface area contributed by atoms with Gasteiger partial charge in [0.1, 0.15) is 0 Å². The number of hydrogen-bond acceptors (Lipinski definition) is 3. The van der Waals surface area contributed by atoms with Crippen molar-refractivity contribution in [2.75, 3.05) is 5.01 Å². The Morgan fingerprint density at radius 1 is 1.50 bits per heavy atom. The van der Waals surface area contributed by atoms with Crippen LogP contribution in [0.2, 0.25) is 0 Å². The van der Waals surface area contributed by atoms with Crippen LogP contribution in [0.5, 0.6) is 0 Å². The van der Waals surface area contributed by atoms with E-state index in [0.29, 0.717) is 18.7 Å². The molecule has 1 aromatic rings. The number of anilines is 1. The molecule has 0 aromatic carbocycles. The van der Waals surface area contributed by atoms with Gasteiger partial charge in [-0.3, -0.25) is 4.79 Å². The Morgan fingerprint density at radius 2 is 2.25 bits per heavy atom. The highest BCUT2D eigenvalue weighted by molar-refractivity contribution is 5.94. The lowest BCUT2D eigenvalue weighted by molar-refractivity contribution is -0.119. The summed E-state index contributed by atoms with van der Waals surface area (Å²) in [5, 5.41) is 1.06. The number of hydrazine groups is 1. The lowest BCUT2D eigenvalue weighted by atomic mass is 10.3. The molecule has 0 atom stereocenters. The minimum atomic E-state index is -0.796. The molecule has 6 nitrogen and oxygen atoms in total. The summed E-state index contributed by atoms with van der Waals surface area (Å²) in [4.78, 5) is 26.4. The van der Waals surface area contributed by atoms with Gasteiger partial charge >= 0.3 is 6.03 Å². The number of nitrogens with zero attached hydrogens (tertiary/aromatic N) is 2. The van der Waals surface area contributed by atoms with E-state index >= 15 is 0 Å². The molecule has 0 unspecified atom stereocenters. The van der Waals surface area contributed by atoms with Crippen LogP contribution in [0.1, 0.15) is 19.8 Å². The van der Waals surface area contributed by atoms with Gasteiger partial charge in [-0.25, -0.2) is 20.2 Å². The molecule has 86 valence electrons. The van der Waals surface area contributed by atoms with Crippen LogP contribution in [0, 0.1) is 0 Å². The number of carbonyl (C=O) groups excluding carboxylic acids is 2. The molecule has 0 saturated heterocycles. The third kappa shape index (κ3) is 3.23. The van der Waals surface area contributed by atoms with Crippen LogP contribution in [0.3, 0.4) is 0 Å². The maximum absolute atomic E-state index is 11.7. The molecule has 3 N–H and O–H groups in total. The van der Waals surface area contributed by atoms with Gasteiger partial charge in [0.2, 0.25) is 5.91 Å². The molecule has 6 heteroatoms. The van der Waals surface area contributed by atoms with Crippen LogP contribution in [0.4, 0.5) is 10.6 Å². The van der Waals surface area contributed by atoms with Gasteiger partial charge in [-0.05, 0) is 18.6 Å². The number of carbonyl (C=O) groups is 2. The van der Waals surface area contributed by atoms with Gasteiger partial charge in [0.25, 0.3) is 0 Å². The fraction of sp³-hybridized carbons (Fsp3) is 0.300. The van der Waals surface area contributed by atoms with Crippen LogP contribution in [-0.2, 0) is 4.79 Å². The third-order valence-corrected chi connectivity index (χ3v) is 1.81. The number of primary amides is 1. The summed E-state index contributed by atoms with van der Waals surface area (Å²) >= 11 is 0. The summed E-state index contributed by atoms with van der Waals surface area (Å²) in [5.74, 6) is 0.0970. The Kier molecular flexibility index (Phi) is 4.26. The number of hydrogen-bond donors (Lipinski definition) is 2. The lowest BCUT2D eigenvalue weighted by Gasteiger charge is -2.20. The summed E-state index contributed by atoms with van der Waals surface area (Å²) in [6.07, 6.45) is 2.53. The summed E-state index contributed by atoms with van der Waals surface area (Å²) in [7, 11) is 0. The van der Waals surface area contributed by atoms with Crippen molar-refractivity contribution < 1.29 is 9.59 Å². The first-order chi connectivity index (χ1) is 7.65. The number of nitrogens with one attached hydrogen (secondary N) is 1. The number of amides is 3. The Morgan fingerprint density at radius 3 is 2.75 bits per heavy atom. The molecular formula is C10H14N4O2. The molecule has 0 aliphatic heterocycles. The molecular weight excluding hydrogens is 208 g/mol.